The highest BCUT2D eigenvalue weighted by Gasteiger charge is 2.02. The third-order valence-corrected chi connectivity index (χ3v) is 4.84. The first-order valence-electron chi connectivity index (χ1n) is 9.47. The summed E-state index contributed by atoms with van der Waals surface area (Å²) in [4.78, 5) is 0. The van der Waals surface area contributed by atoms with Gasteiger partial charge in [0, 0.05) is 0 Å². The Labute approximate surface area is 146 Å². The molecule has 0 fully saturated rings. The van der Waals surface area contributed by atoms with Crippen molar-refractivity contribution in [1.29, 1.82) is 0 Å². The monoisotopic (exact) mass is 316 g/mol. The van der Waals surface area contributed by atoms with Crippen molar-refractivity contribution in [3.63, 3.8) is 0 Å². The van der Waals surface area contributed by atoms with Crippen molar-refractivity contribution < 1.29 is 0 Å². The molecule has 0 aromatic heterocycles. The van der Waals surface area contributed by atoms with Gasteiger partial charge in [0.05, 0.1) is 0 Å². The van der Waals surface area contributed by atoms with E-state index in [-0.39, 0.29) is 0 Å². The zero-order valence-electron chi connectivity index (χ0n) is 14.8. The molecule has 3 aromatic carbocycles. The van der Waals surface area contributed by atoms with Gasteiger partial charge in [-0.2, -0.15) is 0 Å². The molecule has 124 valence electrons. The van der Waals surface area contributed by atoms with Crippen molar-refractivity contribution in [2.45, 2.75) is 51.9 Å². The van der Waals surface area contributed by atoms with Crippen LogP contribution < -0.4 is 0 Å². The Balaban J connectivity index is 1.69. The van der Waals surface area contributed by atoms with Gasteiger partial charge in [-0.05, 0) is 39.9 Å². The molecule has 3 rings (SSSR count). The first-order chi connectivity index (χ1) is 11.9. The largest absolute Gasteiger partial charge is 0.0839 e. The van der Waals surface area contributed by atoms with Gasteiger partial charge in [0.2, 0.25) is 0 Å². The lowest BCUT2D eigenvalue weighted by atomic mass is 9.98. The van der Waals surface area contributed by atoms with E-state index >= 15 is 0 Å². The molecule has 0 aliphatic heterocycles. The lowest BCUT2D eigenvalue weighted by Gasteiger charge is -2.06. The maximum Gasteiger partial charge on any atom is -0.00994 e. The van der Waals surface area contributed by atoms with Gasteiger partial charge in [0.1, 0.15) is 0 Å². The van der Waals surface area contributed by atoms with E-state index in [1.165, 1.54) is 72.1 Å². The Kier molecular flexibility index (Phi) is 6.07. The third kappa shape index (κ3) is 4.06. The summed E-state index contributed by atoms with van der Waals surface area (Å²) in [5, 5.41) is 5.38. The summed E-state index contributed by atoms with van der Waals surface area (Å²) in [6.45, 7) is 2.27. The molecule has 0 atom stereocenters. The van der Waals surface area contributed by atoms with Crippen LogP contribution in [-0.4, -0.2) is 0 Å². The molecule has 0 saturated carbocycles. The van der Waals surface area contributed by atoms with Crippen molar-refractivity contribution >= 4 is 27.6 Å². The van der Waals surface area contributed by atoms with Gasteiger partial charge < -0.3 is 0 Å². The standard InChI is InChI=1S/C24H28/c1-2-3-4-5-6-7-8-9-13-20-15-12-17-24-22-16-11-10-14-21(22)18-19-23(20)24/h9-19H,2-8H2,1H3. The normalized spacial score (nSPS) is 11.7. The van der Waals surface area contributed by atoms with Gasteiger partial charge in [-0.25, -0.2) is 0 Å². The Morgan fingerprint density at radius 2 is 1.46 bits per heavy atom. The van der Waals surface area contributed by atoms with Crippen LogP contribution in [0, 0.1) is 0 Å². The summed E-state index contributed by atoms with van der Waals surface area (Å²) in [5.74, 6) is 0. The van der Waals surface area contributed by atoms with Gasteiger partial charge in [-0.3, -0.25) is 0 Å². The number of benzene rings is 3. The molecule has 0 heteroatoms. The number of hydrogen-bond acceptors (Lipinski definition) is 0. The van der Waals surface area contributed by atoms with Crippen LogP contribution in [0.3, 0.4) is 0 Å². The summed E-state index contributed by atoms with van der Waals surface area (Å²) in [6, 6.07) is 19.8. The van der Waals surface area contributed by atoms with E-state index in [9.17, 15) is 0 Å². The van der Waals surface area contributed by atoms with Gasteiger partial charge in [-0.1, -0.05) is 106 Å². The highest BCUT2D eigenvalue weighted by atomic mass is 14.1. The number of allylic oxidation sites excluding steroid dienone is 1. The molecule has 0 unspecified atom stereocenters. The third-order valence-electron chi connectivity index (χ3n) is 4.84. The minimum absolute atomic E-state index is 1.19. The maximum atomic E-state index is 2.35. The van der Waals surface area contributed by atoms with Crippen molar-refractivity contribution in [2.24, 2.45) is 0 Å². The molecular weight excluding hydrogens is 288 g/mol. The van der Waals surface area contributed by atoms with E-state index in [2.05, 4.69) is 73.7 Å². The molecule has 0 radical (unpaired) electrons. The lowest BCUT2D eigenvalue weighted by Crippen LogP contribution is -1.81. The van der Waals surface area contributed by atoms with Crippen LogP contribution in [-0.2, 0) is 0 Å². The Morgan fingerprint density at radius 3 is 2.38 bits per heavy atom. The van der Waals surface area contributed by atoms with E-state index in [0.29, 0.717) is 0 Å². The van der Waals surface area contributed by atoms with E-state index in [1.807, 2.05) is 0 Å². The quantitative estimate of drug-likeness (QED) is 0.294. The molecule has 0 spiro atoms. The second kappa shape index (κ2) is 8.68. The van der Waals surface area contributed by atoms with Crippen LogP contribution in [0.2, 0.25) is 0 Å². The zero-order valence-corrected chi connectivity index (χ0v) is 14.8. The molecule has 0 bridgehead atoms. The fourth-order valence-corrected chi connectivity index (χ4v) is 3.46. The van der Waals surface area contributed by atoms with Crippen LogP contribution in [0.5, 0.6) is 0 Å². The molecular formula is C24H28. The molecule has 0 N–H and O–H groups in total. The van der Waals surface area contributed by atoms with Crippen LogP contribution in [0.4, 0.5) is 0 Å². The van der Waals surface area contributed by atoms with Crippen molar-refractivity contribution in [3.05, 3.63) is 66.2 Å². The molecule has 0 nitrogen and oxygen atoms in total. The highest BCUT2D eigenvalue weighted by molar-refractivity contribution is 6.09. The summed E-state index contributed by atoms with van der Waals surface area (Å²) < 4.78 is 0. The molecule has 0 heterocycles. The van der Waals surface area contributed by atoms with E-state index in [1.54, 1.807) is 0 Å². The zero-order chi connectivity index (χ0) is 16.6. The molecule has 0 aliphatic carbocycles. The average molecular weight is 316 g/mol. The first kappa shape index (κ1) is 16.8. The number of rotatable bonds is 8. The Hall–Kier alpha value is -2.08. The van der Waals surface area contributed by atoms with Gasteiger partial charge in [-0.15, -0.1) is 0 Å². The minimum atomic E-state index is 1.19. The van der Waals surface area contributed by atoms with Crippen LogP contribution in [0.15, 0.2) is 60.7 Å². The highest BCUT2D eigenvalue weighted by Crippen LogP contribution is 2.28. The predicted molar refractivity (Wildman–Crippen MR) is 108 cm³/mol. The number of hydrogen-bond donors (Lipinski definition) is 0. The van der Waals surface area contributed by atoms with Crippen molar-refractivity contribution in [2.75, 3.05) is 0 Å². The fourth-order valence-electron chi connectivity index (χ4n) is 3.46. The molecule has 24 heavy (non-hydrogen) atoms. The van der Waals surface area contributed by atoms with Crippen LogP contribution in [0.25, 0.3) is 27.6 Å². The number of fused-ring (bicyclic) bond motifs is 3. The number of unbranched alkanes of at least 4 members (excludes halogenated alkanes) is 6. The van der Waals surface area contributed by atoms with Crippen molar-refractivity contribution in [3.8, 4) is 0 Å². The molecule has 3 aromatic rings. The van der Waals surface area contributed by atoms with E-state index in [4.69, 9.17) is 0 Å². The van der Waals surface area contributed by atoms with Crippen LogP contribution >= 0.6 is 0 Å². The van der Waals surface area contributed by atoms with Gasteiger partial charge in [0.25, 0.3) is 0 Å². The Bertz CT molecular complexity index is 811. The summed E-state index contributed by atoms with van der Waals surface area (Å²) in [6.07, 6.45) is 14.0. The van der Waals surface area contributed by atoms with Gasteiger partial charge >= 0.3 is 0 Å². The van der Waals surface area contributed by atoms with E-state index < -0.39 is 0 Å². The SMILES string of the molecule is CCCCCCCCC=Cc1cccc2c1ccc1ccccc12. The van der Waals surface area contributed by atoms with Crippen LogP contribution in [0.1, 0.15) is 57.4 Å². The second-order valence-corrected chi connectivity index (χ2v) is 6.69. The molecule has 0 amide bonds. The van der Waals surface area contributed by atoms with Gasteiger partial charge in [0.15, 0.2) is 0 Å². The Morgan fingerprint density at radius 1 is 0.667 bits per heavy atom. The average Bonchev–Trinajstić information content (AvgIpc) is 2.64. The second-order valence-electron chi connectivity index (χ2n) is 6.69. The van der Waals surface area contributed by atoms with E-state index in [0.717, 1.165) is 0 Å². The van der Waals surface area contributed by atoms with Crippen molar-refractivity contribution in [1.82, 2.24) is 0 Å². The summed E-state index contributed by atoms with van der Waals surface area (Å²) in [5.41, 5.74) is 1.34. The molecule has 0 aliphatic rings. The minimum Gasteiger partial charge on any atom is -0.0839 e. The molecule has 0 saturated heterocycles. The lowest BCUT2D eigenvalue weighted by molar-refractivity contribution is 0.611. The summed E-state index contributed by atoms with van der Waals surface area (Å²) >= 11 is 0. The maximum absolute atomic E-state index is 2.35. The summed E-state index contributed by atoms with van der Waals surface area (Å²) in [7, 11) is 0. The first-order valence-corrected chi connectivity index (χ1v) is 9.47. The smallest absolute Gasteiger partial charge is 0.00994 e. The fraction of sp³-hybridized carbons (Fsp3) is 0.333. The topological polar surface area (TPSA) is 0 Å². The predicted octanol–water partition coefficient (Wildman–Crippen LogP) is 7.76.